The highest BCUT2D eigenvalue weighted by molar-refractivity contribution is 5.80. The fourth-order valence-corrected chi connectivity index (χ4v) is 4.10. The lowest BCUT2D eigenvalue weighted by molar-refractivity contribution is -0.129. The minimum atomic E-state index is 0.228. The molecule has 1 saturated carbocycles. The molecule has 2 fully saturated rings. The predicted octanol–water partition coefficient (Wildman–Crippen LogP) is 3.46. The summed E-state index contributed by atoms with van der Waals surface area (Å²) in [5.74, 6) is 1.99. The third-order valence-corrected chi connectivity index (χ3v) is 5.70. The molecule has 2 aliphatic rings. The van der Waals surface area contributed by atoms with Gasteiger partial charge in [-0.25, -0.2) is 4.99 Å². The van der Waals surface area contributed by atoms with Crippen LogP contribution in [0.25, 0.3) is 0 Å². The molecule has 6 heteroatoms. The van der Waals surface area contributed by atoms with E-state index in [-0.39, 0.29) is 11.9 Å². The first-order chi connectivity index (χ1) is 14.2. The van der Waals surface area contributed by atoms with Crippen LogP contribution in [0, 0.1) is 0 Å². The zero-order chi connectivity index (χ0) is 20.5. The smallest absolute Gasteiger partial charge is 0.222 e. The van der Waals surface area contributed by atoms with Crippen molar-refractivity contribution >= 4 is 11.9 Å². The second-order valence-corrected chi connectivity index (χ2v) is 8.04. The van der Waals surface area contributed by atoms with Crippen LogP contribution >= 0.6 is 0 Å². The van der Waals surface area contributed by atoms with Gasteiger partial charge in [-0.2, -0.15) is 0 Å². The molecule has 1 heterocycles. The molecule has 1 saturated heterocycles. The predicted molar refractivity (Wildman–Crippen MR) is 117 cm³/mol. The molecule has 1 unspecified atom stereocenters. The molecule has 0 radical (unpaired) electrons. The maximum Gasteiger partial charge on any atom is 0.222 e. The molecule has 160 valence electrons. The average Bonchev–Trinajstić information content (AvgIpc) is 3.21. The first-order valence-corrected chi connectivity index (χ1v) is 11.3. The number of aliphatic imine (C=N–C) groups is 1. The van der Waals surface area contributed by atoms with Gasteiger partial charge in [0.1, 0.15) is 5.75 Å². The van der Waals surface area contributed by atoms with Gasteiger partial charge in [0, 0.05) is 32.1 Å². The van der Waals surface area contributed by atoms with E-state index in [0.717, 1.165) is 56.2 Å². The molecular formula is C23H36N4O2. The highest BCUT2D eigenvalue weighted by Crippen LogP contribution is 2.24. The quantitative estimate of drug-likeness (QED) is 0.543. The van der Waals surface area contributed by atoms with E-state index in [0.29, 0.717) is 19.1 Å². The number of benzene rings is 1. The third kappa shape index (κ3) is 6.65. The van der Waals surface area contributed by atoms with Crippen LogP contribution in [0.2, 0.25) is 0 Å². The number of amides is 1. The van der Waals surface area contributed by atoms with Gasteiger partial charge in [-0.05, 0) is 56.7 Å². The monoisotopic (exact) mass is 400 g/mol. The number of likely N-dealkylation sites (tertiary alicyclic amines) is 1. The summed E-state index contributed by atoms with van der Waals surface area (Å²) in [6.07, 6.45) is 8.09. The molecule has 2 N–H and O–H groups in total. The second-order valence-electron chi connectivity index (χ2n) is 8.04. The Balaban J connectivity index is 1.55. The van der Waals surface area contributed by atoms with Crippen LogP contribution in [0.15, 0.2) is 29.3 Å². The summed E-state index contributed by atoms with van der Waals surface area (Å²) in [6, 6.07) is 8.55. The number of rotatable bonds is 7. The topological polar surface area (TPSA) is 66.0 Å². The lowest BCUT2D eigenvalue weighted by Crippen LogP contribution is -2.45. The minimum Gasteiger partial charge on any atom is -0.490 e. The summed E-state index contributed by atoms with van der Waals surface area (Å²) in [6.45, 7) is 6.97. The molecule has 1 aliphatic carbocycles. The summed E-state index contributed by atoms with van der Waals surface area (Å²) in [7, 11) is 0. The third-order valence-electron chi connectivity index (χ3n) is 5.70. The van der Waals surface area contributed by atoms with Gasteiger partial charge >= 0.3 is 0 Å². The van der Waals surface area contributed by atoms with E-state index >= 15 is 0 Å². The number of guanidine groups is 1. The van der Waals surface area contributed by atoms with E-state index in [2.05, 4.69) is 35.8 Å². The summed E-state index contributed by atoms with van der Waals surface area (Å²) in [4.78, 5) is 18.6. The van der Waals surface area contributed by atoms with Crippen LogP contribution in [0.5, 0.6) is 5.75 Å². The molecule has 0 aromatic heterocycles. The Morgan fingerprint density at radius 2 is 2.03 bits per heavy atom. The Labute approximate surface area is 175 Å². The molecule has 3 rings (SSSR count). The fraction of sp³-hybridized carbons (Fsp3) is 0.652. The first kappa shape index (κ1) is 21.5. The summed E-state index contributed by atoms with van der Waals surface area (Å²) >= 11 is 0. The second kappa shape index (κ2) is 11.1. The van der Waals surface area contributed by atoms with Crippen molar-refractivity contribution < 1.29 is 9.53 Å². The fourth-order valence-electron chi connectivity index (χ4n) is 4.10. The van der Waals surface area contributed by atoms with Crippen LogP contribution in [0.4, 0.5) is 0 Å². The Kier molecular flexibility index (Phi) is 8.20. The molecule has 1 aliphatic heterocycles. The number of carbonyl (C=O) groups excluding carboxylic acids is 1. The maximum absolute atomic E-state index is 11.9. The van der Waals surface area contributed by atoms with Gasteiger partial charge in [-0.3, -0.25) is 4.79 Å². The van der Waals surface area contributed by atoms with Crippen molar-refractivity contribution in [2.75, 3.05) is 19.6 Å². The Bertz CT molecular complexity index is 685. The zero-order valence-corrected chi connectivity index (χ0v) is 18.0. The molecule has 29 heavy (non-hydrogen) atoms. The van der Waals surface area contributed by atoms with Crippen molar-refractivity contribution in [3.63, 3.8) is 0 Å². The number of nitrogens with one attached hydrogen (secondary N) is 2. The Morgan fingerprint density at radius 1 is 1.21 bits per heavy atom. The van der Waals surface area contributed by atoms with Crippen LogP contribution in [-0.2, 0) is 11.3 Å². The molecule has 6 nitrogen and oxygen atoms in total. The standard InChI is InChI=1S/C23H36N4O2/c1-3-22(28)27-14-13-19(17-27)26-23(24-4-2)25-16-18-9-8-12-21(15-18)29-20-10-6-5-7-11-20/h8-9,12,15,19-20H,3-7,10-11,13-14,16-17H2,1-2H3,(H2,24,25,26). The highest BCUT2D eigenvalue weighted by atomic mass is 16.5. The number of carbonyl (C=O) groups is 1. The van der Waals surface area contributed by atoms with E-state index in [1.807, 2.05) is 17.9 Å². The average molecular weight is 401 g/mol. The summed E-state index contributed by atoms with van der Waals surface area (Å²) in [5.41, 5.74) is 1.14. The summed E-state index contributed by atoms with van der Waals surface area (Å²) < 4.78 is 6.19. The number of ether oxygens (including phenoxy) is 1. The van der Waals surface area contributed by atoms with Gasteiger partial charge in [0.25, 0.3) is 0 Å². The van der Waals surface area contributed by atoms with Crippen molar-refractivity contribution in [3.8, 4) is 5.75 Å². The maximum atomic E-state index is 11.9. The zero-order valence-electron chi connectivity index (χ0n) is 18.0. The van der Waals surface area contributed by atoms with E-state index in [9.17, 15) is 4.79 Å². The normalized spacial score (nSPS) is 20.6. The van der Waals surface area contributed by atoms with E-state index in [1.54, 1.807) is 0 Å². The SMILES string of the molecule is CCNC(=NCc1cccc(OC2CCCCC2)c1)NC1CCN(C(=O)CC)C1. The molecule has 0 spiro atoms. The van der Waals surface area contributed by atoms with Crippen molar-refractivity contribution in [1.29, 1.82) is 0 Å². The van der Waals surface area contributed by atoms with Gasteiger partial charge in [-0.1, -0.05) is 25.5 Å². The lowest BCUT2D eigenvalue weighted by Gasteiger charge is -2.23. The van der Waals surface area contributed by atoms with Crippen molar-refractivity contribution in [3.05, 3.63) is 29.8 Å². The van der Waals surface area contributed by atoms with Crippen LogP contribution in [0.3, 0.4) is 0 Å². The lowest BCUT2D eigenvalue weighted by atomic mass is 9.98. The summed E-state index contributed by atoms with van der Waals surface area (Å²) in [5, 5.41) is 6.81. The van der Waals surface area contributed by atoms with Gasteiger partial charge < -0.3 is 20.3 Å². The minimum absolute atomic E-state index is 0.228. The van der Waals surface area contributed by atoms with Crippen LogP contribution in [0.1, 0.15) is 64.4 Å². The molecule has 1 atom stereocenters. The number of hydrogen-bond acceptors (Lipinski definition) is 3. The van der Waals surface area contributed by atoms with Crippen molar-refractivity contribution in [1.82, 2.24) is 15.5 Å². The van der Waals surface area contributed by atoms with E-state index < -0.39 is 0 Å². The highest BCUT2D eigenvalue weighted by Gasteiger charge is 2.25. The molecule has 0 bridgehead atoms. The van der Waals surface area contributed by atoms with Gasteiger partial charge in [0.15, 0.2) is 5.96 Å². The number of nitrogens with zero attached hydrogens (tertiary/aromatic N) is 2. The first-order valence-electron chi connectivity index (χ1n) is 11.3. The van der Waals surface area contributed by atoms with Gasteiger partial charge in [0.05, 0.1) is 12.6 Å². The van der Waals surface area contributed by atoms with Gasteiger partial charge in [-0.15, -0.1) is 0 Å². The number of hydrogen-bond donors (Lipinski definition) is 2. The molecule has 1 aromatic rings. The molecular weight excluding hydrogens is 364 g/mol. The molecule has 1 aromatic carbocycles. The van der Waals surface area contributed by atoms with Gasteiger partial charge in [0.2, 0.25) is 5.91 Å². The largest absolute Gasteiger partial charge is 0.490 e. The molecule has 1 amide bonds. The van der Waals surface area contributed by atoms with E-state index in [1.165, 1.54) is 19.3 Å². The van der Waals surface area contributed by atoms with Crippen LogP contribution in [-0.4, -0.2) is 48.5 Å². The van der Waals surface area contributed by atoms with E-state index in [4.69, 9.17) is 9.73 Å². The Morgan fingerprint density at radius 3 is 2.79 bits per heavy atom. The van der Waals surface area contributed by atoms with Crippen LogP contribution < -0.4 is 15.4 Å². The Hall–Kier alpha value is -2.24. The van der Waals surface area contributed by atoms with Crippen molar-refractivity contribution in [2.24, 2.45) is 4.99 Å². The van der Waals surface area contributed by atoms with Crippen molar-refractivity contribution in [2.45, 2.75) is 77.5 Å².